The van der Waals surface area contributed by atoms with Crippen LogP contribution in [0.3, 0.4) is 0 Å². The number of hydrogen-bond donors (Lipinski definition) is 2. The van der Waals surface area contributed by atoms with Gasteiger partial charge in [0.2, 0.25) is 0 Å². The van der Waals surface area contributed by atoms with Gasteiger partial charge in [-0.1, -0.05) is 36.3 Å². The Hall–Kier alpha value is -4.59. The number of fused-ring (bicyclic) bond motifs is 1. The summed E-state index contributed by atoms with van der Waals surface area (Å²) in [5.41, 5.74) is 9.49. The highest BCUT2D eigenvalue weighted by Crippen LogP contribution is 2.43. The Balaban J connectivity index is 1.12. The summed E-state index contributed by atoms with van der Waals surface area (Å²) >= 11 is 0. The molecule has 0 radical (unpaired) electrons. The van der Waals surface area contributed by atoms with Gasteiger partial charge in [-0.05, 0) is 82.2 Å². The number of anilines is 1. The number of carbonyl (C=O) groups is 1. The quantitative estimate of drug-likeness (QED) is 0.263. The van der Waals surface area contributed by atoms with Crippen LogP contribution in [0.2, 0.25) is 0 Å². The van der Waals surface area contributed by atoms with Crippen LogP contribution in [0.15, 0.2) is 60.9 Å². The largest absolute Gasteiger partial charge is 0.457 e. The Morgan fingerprint density at radius 1 is 0.957 bits per heavy atom. The van der Waals surface area contributed by atoms with Gasteiger partial charge in [0.15, 0.2) is 0 Å². The van der Waals surface area contributed by atoms with Gasteiger partial charge in [-0.3, -0.25) is 4.90 Å². The second kappa shape index (κ2) is 12.5. The Kier molecular flexibility index (Phi) is 8.28. The van der Waals surface area contributed by atoms with Crippen molar-refractivity contribution < 1.29 is 19.4 Å². The van der Waals surface area contributed by atoms with Crippen molar-refractivity contribution in [3.63, 3.8) is 0 Å². The molecule has 0 unspecified atom stereocenters. The van der Waals surface area contributed by atoms with Crippen molar-refractivity contribution in [3.05, 3.63) is 66.6 Å². The van der Waals surface area contributed by atoms with Crippen LogP contribution in [-0.2, 0) is 4.74 Å². The number of nitrogens with two attached hydrogens (primary N) is 1. The second-order valence-electron chi connectivity index (χ2n) is 13.9. The summed E-state index contributed by atoms with van der Waals surface area (Å²) < 4.78 is 13.8. The highest BCUT2D eigenvalue weighted by atomic mass is 16.6. The molecular formula is C37H42N6O4. The van der Waals surface area contributed by atoms with E-state index in [2.05, 4.69) is 31.3 Å². The van der Waals surface area contributed by atoms with Gasteiger partial charge >= 0.3 is 6.09 Å². The molecule has 1 amide bonds. The van der Waals surface area contributed by atoms with E-state index in [4.69, 9.17) is 15.2 Å². The summed E-state index contributed by atoms with van der Waals surface area (Å²) in [4.78, 5) is 25.8. The van der Waals surface area contributed by atoms with Crippen LogP contribution in [0.1, 0.15) is 58.2 Å². The van der Waals surface area contributed by atoms with Gasteiger partial charge in [0.1, 0.15) is 40.6 Å². The number of benzene rings is 2. The second-order valence-corrected chi connectivity index (χ2v) is 13.9. The van der Waals surface area contributed by atoms with E-state index in [1.54, 1.807) is 0 Å². The standard InChI is InChI=1S/C37H42N6O4/c1-37(2,3)47-36(45)41-17-15-26(16-18-41)42-21-24(22-42)9-14-31-32(25-10-12-30(13-11-25)46-29-7-5-4-6-8-29)33-34(38)39-23-40-35(33)43(31)27-19-28(44)20-27/h4-8,10-13,23-24,26-28,44H,15-22H2,1-3H3,(H2,38,39,40)/t27-,28+. The number of amides is 1. The van der Waals surface area contributed by atoms with Crippen LogP contribution in [0.4, 0.5) is 10.6 Å². The predicted octanol–water partition coefficient (Wildman–Crippen LogP) is 5.85. The van der Waals surface area contributed by atoms with Gasteiger partial charge in [-0.25, -0.2) is 14.8 Å². The number of para-hydroxylation sites is 1. The van der Waals surface area contributed by atoms with Crippen LogP contribution >= 0.6 is 0 Å². The molecule has 4 heterocycles. The third-order valence-electron chi connectivity index (χ3n) is 9.32. The number of likely N-dealkylation sites (tertiary alicyclic amines) is 2. The summed E-state index contributed by atoms with van der Waals surface area (Å²) in [7, 11) is 0. The van der Waals surface area contributed by atoms with E-state index in [-0.39, 0.29) is 24.2 Å². The number of piperidine rings is 1. The number of aliphatic hydroxyl groups excluding tert-OH is 1. The Labute approximate surface area is 275 Å². The lowest BCUT2D eigenvalue weighted by molar-refractivity contribution is 0.00411. The number of aromatic nitrogens is 3. The molecule has 3 aliphatic rings. The first kappa shape index (κ1) is 31.0. The maximum absolute atomic E-state index is 12.5. The van der Waals surface area contributed by atoms with Crippen molar-refractivity contribution in [2.45, 2.75) is 70.2 Å². The van der Waals surface area contributed by atoms with E-state index in [0.29, 0.717) is 37.8 Å². The number of carbonyl (C=O) groups excluding carboxylic acids is 1. The maximum atomic E-state index is 12.5. The Morgan fingerprint density at radius 3 is 2.30 bits per heavy atom. The van der Waals surface area contributed by atoms with Crippen LogP contribution < -0.4 is 10.5 Å². The zero-order valence-corrected chi connectivity index (χ0v) is 27.2. The summed E-state index contributed by atoms with van der Waals surface area (Å²) in [5, 5.41) is 11.0. The summed E-state index contributed by atoms with van der Waals surface area (Å²) in [6.45, 7) is 8.91. The van der Waals surface area contributed by atoms with Crippen molar-refractivity contribution >= 4 is 22.9 Å². The Bertz CT molecular complexity index is 1800. The third kappa shape index (κ3) is 6.51. The fourth-order valence-corrected chi connectivity index (χ4v) is 6.81. The normalized spacial score (nSPS) is 20.6. The number of ether oxygens (including phenoxy) is 2. The van der Waals surface area contributed by atoms with E-state index < -0.39 is 5.60 Å². The van der Waals surface area contributed by atoms with E-state index in [9.17, 15) is 9.90 Å². The zero-order valence-electron chi connectivity index (χ0n) is 27.2. The molecule has 2 saturated heterocycles. The van der Waals surface area contributed by atoms with Crippen LogP contribution in [0, 0.1) is 17.8 Å². The molecule has 3 fully saturated rings. The molecule has 2 aromatic carbocycles. The fraction of sp³-hybridized carbons (Fsp3) is 0.432. The molecule has 1 aliphatic carbocycles. The predicted molar refractivity (Wildman–Crippen MR) is 181 cm³/mol. The van der Waals surface area contributed by atoms with Gasteiger partial charge < -0.3 is 29.8 Å². The molecule has 3 N–H and O–H groups in total. The first-order chi connectivity index (χ1) is 22.6. The molecule has 2 aromatic heterocycles. The van der Waals surface area contributed by atoms with Gasteiger partial charge in [0, 0.05) is 49.7 Å². The molecule has 0 bridgehead atoms. The lowest BCUT2D eigenvalue weighted by Crippen LogP contribution is -2.55. The minimum atomic E-state index is -0.486. The molecule has 2 aliphatic heterocycles. The van der Waals surface area contributed by atoms with Crippen molar-refractivity contribution in [2.24, 2.45) is 5.92 Å². The van der Waals surface area contributed by atoms with Gasteiger partial charge in [0.05, 0.1) is 11.5 Å². The van der Waals surface area contributed by atoms with Crippen molar-refractivity contribution in [3.8, 4) is 34.5 Å². The van der Waals surface area contributed by atoms with E-state index >= 15 is 0 Å². The van der Waals surface area contributed by atoms with Crippen molar-refractivity contribution in [2.75, 3.05) is 31.9 Å². The summed E-state index contributed by atoms with van der Waals surface area (Å²) in [6.07, 6.45) is 4.09. The molecule has 1 saturated carbocycles. The molecule has 4 aromatic rings. The fourth-order valence-electron chi connectivity index (χ4n) is 6.81. The average molecular weight is 635 g/mol. The van der Waals surface area contributed by atoms with Gasteiger partial charge in [-0.2, -0.15) is 0 Å². The number of rotatable bonds is 5. The van der Waals surface area contributed by atoms with E-state index in [1.807, 2.05) is 80.3 Å². The van der Waals surface area contributed by atoms with Crippen molar-refractivity contribution in [1.29, 1.82) is 0 Å². The zero-order chi connectivity index (χ0) is 32.7. The topological polar surface area (TPSA) is 119 Å². The number of aliphatic hydroxyl groups is 1. The lowest BCUT2D eigenvalue weighted by Gasteiger charge is -2.45. The highest BCUT2D eigenvalue weighted by molar-refractivity contribution is 6.03. The van der Waals surface area contributed by atoms with Crippen LogP contribution in [0.25, 0.3) is 22.2 Å². The van der Waals surface area contributed by atoms with Gasteiger partial charge in [0.25, 0.3) is 0 Å². The molecule has 244 valence electrons. The lowest BCUT2D eigenvalue weighted by atomic mass is 9.89. The Morgan fingerprint density at radius 2 is 1.64 bits per heavy atom. The third-order valence-corrected chi connectivity index (χ3v) is 9.32. The maximum Gasteiger partial charge on any atom is 0.410 e. The first-order valence-electron chi connectivity index (χ1n) is 16.5. The van der Waals surface area contributed by atoms with Crippen LogP contribution in [0.5, 0.6) is 11.5 Å². The molecule has 0 atom stereocenters. The first-order valence-corrected chi connectivity index (χ1v) is 16.5. The molecule has 10 heteroatoms. The number of nitrogen functional groups attached to an aromatic ring is 1. The number of hydrogen-bond acceptors (Lipinski definition) is 8. The van der Waals surface area contributed by atoms with E-state index in [1.165, 1.54) is 6.33 Å². The smallest absolute Gasteiger partial charge is 0.410 e. The average Bonchev–Trinajstić information content (AvgIpc) is 3.34. The van der Waals surface area contributed by atoms with Gasteiger partial charge in [-0.15, -0.1) is 0 Å². The molecular weight excluding hydrogens is 592 g/mol. The molecule has 7 rings (SSSR count). The van der Waals surface area contributed by atoms with Crippen LogP contribution in [-0.4, -0.2) is 79.5 Å². The summed E-state index contributed by atoms with van der Waals surface area (Å²) in [6, 6.07) is 18.2. The molecule has 0 spiro atoms. The molecule has 47 heavy (non-hydrogen) atoms. The highest BCUT2D eigenvalue weighted by Gasteiger charge is 2.36. The minimum Gasteiger partial charge on any atom is -0.457 e. The van der Waals surface area contributed by atoms with Crippen molar-refractivity contribution in [1.82, 2.24) is 24.3 Å². The molecule has 10 nitrogen and oxygen atoms in total. The van der Waals surface area contributed by atoms with E-state index in [0.717, 1.165) is 65.3 Å². The summed E-state index contributed by atoms with van der Waals surface area (Å²) in [5.74, 6) is 9.28. The minimum absolute atomic E-state index is 0.0774. The monoisotopic (exact) mass is 634 g/mol. The number of nitrogens with zero attached hydrogens (tertiary/aromatic N) is 5. The SMILES string of the molecule is CC(C)(C)OC(=O)N1CCC(N2CC(C#Cc3c(-c4ccc(Oc5ccccc5)cc4)c4c(N)ncnc4n3[C@H]3C[C@@H](O)C3)C2)CC1.